The highest BCUT2D eigenvalue weighted by Crippen LogP contribution is 2.25. The molecule has 0 unspecified atom stereocenters. The van der Waals surface area contributed by atoms with Crippen LogP contribution in [0.15, 0.2) is 85.0 Å². The van der Waals surface area contributed by atoms with Gasteiger partial charge >= 0.3 is 0 Å². The summed E-state index contributed by atoms with van der Waals surface area (Å²) in [6.07, 6.45) is 11.1. The molecule has 0 saturated heterocycles. The fourth-order valence-corrected chi connectivity index (χ4v) is 2.91. The SMILES string of the molecule is Clc1cccc(-c2nc(C3=CCC=CC=C3)nc(-c3ccccc3)n2)c1. The van der Waals surface area contributed by atoms with Gasteiger partial charge in [-0.2, -0.15) is 0 Å². The van der Waals surface area contributed by atoms with Crippen LogP contribution in [-0.4, -0.2) is 15.0 Å². The third-order valence-electron chi connectivity index (χ3n) is 4.01. The zero-order valence-corrected chi connectivity index (χ0v) is 14.8. The second kappa shape index (κ2) is 7.46. The molecule has 0 spiro atoms. The lowest BCUT2D eigenvalue weighted by Gasteiger charge is -2.09. The minimum absolute atomic E-state index is 0.614. The summed E-state index contributed by atoms with van der Waals surface area (Å²) in [6, 6.07) is 17.5. The van der Waals surface area contributed by atoms with Gasteiger partial charge in [-0.25, -0.2) is 15.0 Å². The van der Waals surface area contributed by atoms with E-state index in [1.807, 2.05) is 72.8 Å². The van der Waals surface area contributed by atoms with E-state index in [1.165, 1.54) is 0 Å². The Morgan fingerprint density at radius 3 is 2.27 bits per heavy atom. The molecule has 4 rings (SSSR count). The van der Waals surface area contributed by atoms with E-state index >= 15 is 0 Å². The Balaban J connectivity index is 1.89. The number of nitrogens with zero attached hydrogens (tertiary/aromatic N) is 3. The van der Waals surface area contributed by atoms with Gasteiger partial charge in [0.25, 0.3) is 0 Å². The van der Waals surface area contributed by atoms with Crippen LogP contribution in [0, 0.1) is 0 Å². The molecule has 1 aromatic heterocycles. The molecule has 3 nitrogen and oxygen atoms in total. The second-order valence-electron chi connectivity index (χ2n) is 5.87. The largest absolute Gasteiger partial charge is 0.208 e. The number of hydrogen-bond donors (Lipinski definition) is 0. The zero-order chi connectivity index (χ0) is 17.8. The number of halogens is 1. The van der Waals surface area contributed by atoms with Crippen molar-refractivity contribution < 1.29 is 0 Å². The first-order chi connectivity index (χ1) is 12.8. The van der Waals surface area contributed by atoms with Crippen LogP contribution in [0.25, 0.3) is 28.3 Å². The highest BCUT2D eigenvalue weighted by Gasteiger charge is 2.12. The standard InChI is InChI=1S/C22H16ClN3/c23-19-14-8-13-18(15-19)22-25-20(16-9-4-1-2-5-10-16)24-21(26-22)17-11-6-3-7-12-17/h1-4,6-15H,5H2. The molecule has 0 atom stereocenters. The minimum atomic E-state index is 0.614. The van der Waals surface area contributed by atoms with E-state index in [0.29, 0.717) is 22.5 Å². The first-order valence-electron chi connectivity index (χ1n) is 8.41. The molecule has 1 aliphatic carbocycles. The molecule has 0 radical (unpaired) electrons. The second-order valence-corrected chi connectivity index (χ2v) is 6.30. The van der Waals surface area contributed by atoms with Gasteiger partial charge < -0.3 is 0 Å². The lowest BCUT2D eigenvalue weighted by atomic mass is 10.1. The summed E-state index contributed by atoms with van der Waals surface area (Å²) in [5, 5.41) is 0.656. The van der Waals surface area contributed by atoms with Crippen LogP contribution in [0.1, 0.15) is 12.2 Å². The van der Waals surface area contributed by atoms with E-state index in [1.54, 1.807) is 0 Å². The van der Waals surface area contributed by atoms with E-state index in [-0.39, 0.29) is 0 Å². The summed E-state index contributed by atoms with van der Waals surface area (Å²) in [7, 11) is 0. The maximum absolute atomic E-state index is 6.16. The smallest absolute Gasteiger partial charge is 0.164 e. The van der Waals surface area contributed by atoms with Gasteiger partial charge in [-0.05, 0) is 18.6 Å². The number of hydrogen-bond acceptors (Lipinski definition) is 3. The van der Waals surface area contributed by atoms with E-state index in [9.17, 15) is 0 Å². The van der Waals surface area contributed by atoms with Crippen LogP contribution in [0.2, 0.25) is 5.02 Å². The maximum atomic E-state index is 6.16. The van der Waals surface area contributed by atoms with Crippen LogP contribution in [0.4, 0.5) is 0 Å². The van der Waals surface area contributed by atoms with Crippen molar-refractivity contribution >= 4 is 17.2 Å². The first kappa shape index (κ1) is 16.4. The Morgan fingerprint density at radius 2 is 1.46 bits per heavy atom. The Hall–Kier alpha value is -3.04. The van der Waals surface area contributed by atoms with Crippen molar-refractivity contribution in [2.45, 2.75) is 6.42 Å². The van der Waals surface area contributed by atoms with Crippen molar-refractivity contribution in [1.82, 2.24) is 15.0 Å². The monoisotopic (exact) mass is 357 g/mol. The normalized spacial score (nSPS) is 13.3. The lowest BCUT2D eigenvalue weighted by Crippen LogP contribution is -2.02. The number of aromatic nitrogens is 3. The van der Waals surface area contributed by atoms with Gasteiger partial charge in [0.2, 0.25) is 0 Å². The number of benzene rings is 2. The zero-order valence-electron chi connectivity index (χ0n) is 14.0. The molecule has 0 amide bonds. The molecule has 3 aromatic rings. The quantitative estimate of drug-likeness (QED) is 0.598. The molecular formula is C22H16ClN3. The molecule has 4 heteroatoms. The predicted molar refractivity (Wildman–Crippen MR) is 107 cm³/mol. The molecule has 0 N–H and O–H groups in total. The van der Waals surface area contributed by atoms with Crippen LogP contribution in [0.3, 0.4) is 0 Å². The van der Waals surface area contributed by atoms with Crippen molar-refractivity contribution in [3.05, 3.63) is 95.8 Å². The van der Waals surface area contributed by atoms with E-state index in [0.717, 1.165) is 23.1 Å². The Morgan fingerprint density at radius 1 is 0.731 bits per heavy atom. The first-order valence-corrected chi connectivity index (χ1v) is 8.78. The summed E-state index contributed by atoms with van der Waals surface area (Å²) in [5.41, 5.74) is 2.81. The summed E-state index contributed by atoms with van der Waals surface area (Å²) in [4.78, 5) is 14.1. The van der Waals surface area contributed by atoms with Crippen molar-refractivity contribution in [3.63, 3.8) is 0 Å². The van der Waals surface area contributed by atoms with Crippen LogP contribution in [-0.2, 0) is 0 Å². The summed E-state index contributed by atoms with van der Waals surface area (Å²) >= 11 is 6.16. The molecule has 1 heterocycles. The Bertz CT molecular complexity index is 1020. The summed E-state index contributed by atoms with van der Waals surface area (Å²) in [5.74, 6) is 1.92. The van der Waals surface area contributed by atoms with Crippen LogP contribution >= 0.6 is 11.6 Å². The van der Waals surface area contributed by atoms with Gasteiger partial charge in [0.1, 0.15) is 0 Å². The molecule has 2 aromatic carbocycles. The predicted octanol–water partition coefficient (Wildman–Crippen LogP) is 5.76. The lowest BCUT2D eigenvalue weighted by molar-refractivity contribution is 1.04. The van der Waals surface area contributed by atoms with E-state index in [2.05, 4.69) is 17.1 Å². The molecular weight excluding hydrogens is 342 g/mol. The molecule has 0 saturated carbocycles. The average molecular weight is 358 g/mol. The Labute approximate surface area is 157 Å². The van der Waals surface area contributed by atoms with E-state index < -0.39 is 0 Å². The van der Waals surface area contributed by atoms with Crippen molar-refractivity contribution in [3.8, 4) is 22.8 Å². The van der Waals surface area contributed by atoms with Gasteiger partial charge in [-0.3, -0.25) is 0 Å². The highest BCUT2D eigenvalue weighted by atomic mass is 35.5. The molecule has 0 fully saturated rings. The molecule has 26 heavy (non-hydrogen) atoms. The van der Waals surface area contributed by atoms with Gasteiger partial charge in [0.05, 0.1) is 0 Å². The van der Waals surface area contributed by atoms with E-state index in [4.69, 9.17) is 21.6 Å². The molecule has 0 aliphatic heterocycles. The van der Waals surface area contributed by atoms with Gasteiger partial charge in [-0.15, -0.1) is 0 Å². The van der Waals surface area contributed by atoms with Gasteiger partial charge in [-0.1, -0.05) is 84.4 Å². The maximum Gasteiger partial charge on any atom is 0.164 e. The fraction of sp³-hybridized carbons (Fsp3) is 0.0455. The van der Waals surface area contributed by atoms with Crippen molar-refractivity contribution in [1.29, 1.82) is 0 Å². The Kier molecular flexibility index (Phi) is 4.71. The third kappa shape index (κ3) is 3.63. The molecule has 1 aliphatic rings. The molecule has 126 valence electrons. The number of rotatable bonds is 3. The fourth-order valence-electron chi connectivity index (χ4n) is 2.72. The average Bonchev–Trinajstić information content (AvgIpc) is 2.98. The number of allylic oxidation sites excluding steroid dienone is 6. The van der Waals surface area contributed by atoms with Crippen molar-refractivity contribution in [2.75, 3.05) is 0 Å². The third-order valence-corrected chi connectivity index (χ3v) is 4.24. The van der Waals surface area contributed by atoms with Crippen LogP contribution in [0.5, 0.6) is 0 Å². The summed E-state index contributed by atoms with van der Waals surface area (Å²) < 4.78 is 0. The minimum Gasteiger partial charge on any atom is -0.208 e. The highest BCUT2D eigenvalue weighted by molar-refractivity contribution is 6.30. The van der Waals surface area contributed by atoms with Gasteiger partial charge in [0.15, 0.2) is 17.5 Å². The van der Waals surface area contributed by atoms with Gasteiger partial charge in [0, 0.05) is 21.7 Å². The summed E-state index contributed by atoms with van der Waals surface area (Å²) in [6.45, 7) is 0. The molecule has 0 bridgehead atoms. The van der Waals surface area contributed by atoms with Crippen LogP contribution < -0.4 is 0 Å². The van der Waals surface area contributed by atoms with Crippen molar-refractivity contribution in [2.24, 2.45) is 0 Å². The topological polar surface area (TPSA) is 38.7 Å².